The summed E-state index contributed by atoms with van der Waals surface area (Å²) in [6.45, 7) is 4.00. The molecule has 0 aliphatic heterocycles. The molecule has 96 valence electrons. The van der Waals surface area contributed by atoms with Crippen LogP contribution < -0.4 is 5.73 Å². The molecule has 5 heteroatoms. The molecule has 0 aliphatic carbocycles. The van der Waals surface area contributed by atoms with E-state index in [0.29, 0.717) is 11.7 Å². The molecule has 2 heterocycles. The second kappa shape index (κ2) is 5.73. The zero-order chi connectivity index (χ0) is 13.0. The minimum Gasteiger partial charge on any atom is -0.339 e. The van der Waals surface area contributed by atoms with Gasteiger partial charge >= 0.3 is 0 Å². The Balaban J connectivity index is 2.04. The van der Waals surface area contributed by atoms with Crippen molar-refractivity contribution in [3.05, 3.63) is 29.9 Å². The molecule has 0 aromatic carbocycles. The maximum atomic E-state index is 5.70. The topological polar surface area (TPSA) is 77.8 Å². The lowest BCUT2D eigenvalue weighted by Crippen LogP contribution is -2.14. The van der Waals surface area contributed by atoms with Crippen molar-refractivity contribution in [2.45, 2.75) is 39.2 Å². The van der Waals surface area contributed by atoms with Gasteiger partial charge in [0.05, 0.1) is 0 Å². The maximum Gasteiger partial charge on any atom is 0.226 e. The summed E-state index contributed by atoms with van der Waals surface area (Å²) >= 11 is 0. The monoisotopic (exact) mass is 246 g/mol. The molecule has 0 amide bonds. The number of rotatable bonds is 5. The Labute approximate surface area is 106 Å². The fourth-order valence-corrected chi connectivity index (χ4v) is 1.74. The van der Waals surface area contributed by atoms with E-state index in [1.807, 2.05) is 19.9 Å². The van der Waals surface area contributed by atoms with Crippen molar-refractivity contribution >= 4 is 0 Å². The summed E-state index contributed by atoms with van der Waals surface area (Å²) in [7, 11) is 0. The summed E-state index contributed by atoms with van der Waals surface area (Å²) in [4.78, 5) is 8.46. The van der Waals surface area contributed by atoms with Crippen LogP contribution >= 0.6 is 0 Å². The molecule has 2 aromatic heterocycles. The first-order valence-corrected chi connectivity index (χ1v) is 6.16. The number of aryl methyl sites for hydroxylation is 2. The summed E-state index contributed by atoms with van der Waals surface area (Å²) in [5, 5.41) is 3.99. The Morgan fingerprint density at radius 3 is 3.00 bits per heavy atom. The molecule has 0 bridgehead atoms. The lowest BCUT2D eigenvalue weighted by molar-refractivity contribution is 0.373. The normalized spacial score (nSPS) is 12.6. The highest BCUT2D eigenvalue weighted by Crippen LogP contribution is 2.19. The van der Waals surface area contributed by atoms with Gasteiger partial charge in [0.15, 0.2) is 0 Å². The average molecular weight is 246 g/mol. The molecule has 2 N–H and O–H groups in total. The minimum atomic E-state index is 0.216. The van der Waals surface area contributed by atoms with E-state index < -0.39 is 0 Å². The van der Waals surface area contributed by atoms with Crippen LogP contribution in [0.3, 0.4) is 0 Å². The van der Waals surface area contributed by atoms with Crippen molar-refractivity contribution in [3.63, 3.8) is 0 Å². The van der Waals surface area contributed by atoms with Gasteiger partial charge in [0, 0.05) is 30.4 Å². The van der Waals surface area contributed by atoms with Gasteiger partial charge in [0.1, 0.15) is 0 Å². The Hall–Kier alpha value is -1.75. The molecule has 0 saturated carbocycles. The highest BCUT2D eigenvalue weighted by Gasteiger charge is 2.10. The Kier molecular flexibility index (Phi) is 4.04. The summed E-state index contributed by atoms with van der Waals surface area (Å²) in [6.07, 6.45) is 6.21. The third-order valence-electron chi connectivity index (χ3n) is 2.80. The molecule has 1 unspecified atom stereocenters. The van der Waals surface area contributed by atoms with Crippen LogP contribution in [0.4, 0.5) is 0 Å². The zero-order valence-electron chi connectivity index (χ0n) is 10.8. The van der Waals surface area contributed by atoms with Gasteiger partial charge in [-0.1, -0.05) is 5.16 Å². The van der Waals surface area contributed by atoms with E-state index in [1.165, 1.54) is 0 Å². The summed E-state index contributed by atoms with van der Waals surface area (Å²) in [6, 6.07) is 2.15. The number of pyridine rings is 1. The smallest absolute Gasteiger partial charge is 0.226 e. The van der Waals surface area contributed by atoms with E-state index >= 15 is 0 Å². The van der Waals surface area contributed by atoms with Crippen molar-refractivity contribution in [2.75, 3.05) is 0 Å². The van der Waals surface area contributed by atoms with Gasteiger partial charge in [-0.05, 0) is 38.3 Å². The number of aromatic nitrogens is 3. The maximum absolute atomic E-state index is 5.70. The lowest BCUT2D eigenvalue weighted by atomic mass is 10.1. The van der Waals surface area contributed by atoms with Crippen molar-refractivity contribution < 1.29 is 4.52 Å². The van der Waals surface area contributed by atoms with E-state index in [-0.39, 0.29) is 6.04 Å². The van der Waals surface area contributed by atoms with Crippen LogP contribution in [0.1, 0.15) is 31.2 Å². The van der Waals surface area contributed by atoms with Gasteiger partial charge in [-0.2, -0.15) is 4.98 Å². The van der Waals surface area contributed by atoms with E-state index in [1.54, 1.807) is 12.4 Å². The fraction of sp³-hybridized carbons (Fsp3) is 0.462. The van der Waals surface area contributed by atoms with Crippen LogP contribution in [0, 0.1) is 6.92 Å². The predicted molar refractivity (Wildman–Crippen MR) is 68.9 cm³/mol. The van der Waals surface area contributed by atoms with Crippen LogP contribution in [-0.2, 0) is 6.42 Å². The van der Waals surface area contributed by atoms with Gasteiger partial charge in [-0.15, -0.1) is 0 Å². The highest BCUT2D eigenvalue weighted by atomic mass is 16.5. The van der Waals surface area contributed by atoms with E-state index in [9.17, 15) is 0 Å². The predicted octanol–water partition coefficient (Wildman–Crippen LogP) is 2.11. The Morgan fingerprint density at radius 2 is 2.28 bits per heavy atom. The molecule has 2 aromatic rings. The number of nitrogens with two attached hydrogens (primary N) is 1. The molecule has 0 fully saturated rings. The quantitative estimate of drug-likeness (QED) is 0.874. The Bertz CT molecular complexity index is 507. The zero-order valence-corrected chi connectivity index (χ0v) is 10.8. The molecular formula is C13H18N4O. The van der Waals surface area contributed by atoms with E-state index in [2.05, 4.69) is 15.1 Å². The summed E-state index contributed by atoms with van der Waals surface area (Å²) in [5.41, 5.74) is 7.70. The molecule has 2 rings (SSSR count). The minimum absolute atomic E-state index is 0.216. The number of hydrogen-bond acceptors (Lipinski definition) is 5. The van der Waals surface area contributed by atoms with Crippen molar-refractivity contribution in [1.29, 1.82) is 0 Å². The fourth-order valence-electron chi connectivity index (χ4n) is 1.74. The molecule has 0 saturated heterocycles. The molecule has 1 atom stereocenters. The molecule has 5 nitrogen and oxygen atoms in total. The average Bonchev–Trinajstić information content (AvgIpc) is 2.78. The summed E-state index contributed by atoms with van der Waals surface area (Å²) in [5.74, 6) is 1.27. The first-order chi connectivity index (χ1) is 8.66. The van der Waals surface area contributed by atoms with Gasteiger partial charge in [-0.25, -0.2) is 0 Å². The van der Waals surface area contributed by atoms with Gasteiger partial charge in [0.2, 0.25) is 11.7 Å². The number of hydrogen-bond donors (Lipinski definition) is 1. The molecular weight excluding hydrogens is 228 g/mol. The van der Waals surface area contributed by atoms with Gasteiger partial charge in [0.25, 0.3) is 0 Å². The van der Waals surface area contributed by atoms with Crippen LogP contribution in [0.2, 0.25) is 0 Å². The largest absolute Gasteiger partial charge is 0.339 e. The van der Waals surface area contributed by atoms with Crippen molar-refractivity contribution in [1.82, 2.24) is 15.1 Å². The summed E-state index contributed by atoms with van der Waals surface area (Å²) < 4.78 is 5.23. The standard InChI is InChI=1S/C13H18N4O/c1-9-6-7-15-8-11(9)13-16-12(18-17-13)5-3-4-10(2)14/h6-8,10H,3-5,14H2,1-2H3. The first-order valence-electron chi connectivity index (χ1n) is 6.16. The van der Waals surface area contributed by atoms with Crippen LogP contribution in [-0.4, -0.2) is 21.2 Å². The SMILES string of the molecule is Cc1ccncc1-c1noc(CCCC(C)N)n1. The van der Waals surface area contributed by atoms with Gasteiger partial charge in [-0.3, -0.25) is 4.98 Å². The second-order valence-electron chi connectivity index (χ2n) is 4.57. The van der Waals surface area contributed by atoms with Crippen molar-refractivity contribution in [2.24, 2.45) is 5.73 Å². The van der Waals surface area contributed by atoms with E-state index in [4.69, 9.17) is 10.3 Å². The molecule has 18 heavy (non-hydrogen) atoms. The van der Waals surface area contributed by atoms with Crippen LogP contribution in [0.25, 0.3) is 11.4 Å². The Morgan fingerprint density at radius 1 is 1.44 bits per heavy atom. The van der Waals surface area contributed by atoms with Crippen LogP contribution in [0.5, 0.6) is 0 Å². The van der Waals surface area contributed by atoms with Crippen molar-refractivity contribution in [3.8, 4) is 11.4 Å². The molecule has 0 aliphatic rings. The highest BCUT2D eigenvalue weighted by molar-refractivity contribution is 5.57. The van der Waals surface area contributed by atoms with Crippen LogP contribution in [0.15, 0.2) is 23.0 Å². The second-order valence-corrected chi connectivity index (χ2v) is 4.57. The molecule has 0 spiro atoms. The third-order valence-corrected chi connectivity index (χ3v) is 2.80. The third kappa shape index (κ3) is 3.13. The lowest BCUT2D eigenvalue weighted by Gasteiger charge is -2.01. The number of nitrogens with zero attached hydrogens (tertiary/aromatic N) is 3. The molecule has 0 radical (unpaired) electrons. The first kappa shape index (κ1) is 12.7. The van der Waals surface area contributed by atoms with Gasteiger partial charge < -0.3 is 10.3 Å². The van der Waals surface area contributed by atoms with E-state index in [0.717, 1.165) is 30.4 Å².